The van der Waals surface area contributed by atoms with Crippen molar-refractivity contribution in [1.82, 2.24) is 0 Å². The number of aliphatic imine (C=N–C) groups is 1. The van der Waals surface area contributed by atoms with Crippen molar-refractivity contribution in [3.8, 4) is 17.2 Å². The number of hydrogen-bond donors (Lipinski definition) is 0. The van der Waals surface area contributed by atoms with Crippen LogP contribution < -0.4 is 19.1 Å². The lowest BCUT2D eigenvalue weighted by molar-refractivity contribution is 0.173. The van der Waals surface area contributed by atoms with E-state index in [1.807, 2.05) is 6.07 Å². The molecule has 0 amide bonds. The Balaban J connectivity index is 1.66. The molecular formula is C19H16N2O3. The summed E-state index contributed by atoms with van der Waals surface area (Å²) in [6, 6.07) is 12.6. The lowest BCUT2D eigenvalue weighted by atomic mass is 9.76. The Bertz CT molecular complexity index is 907. The number of ether oxygens (including phenoxy) is 3. The highest BCUT2D eigenvalue weighted by molar-refractivity contribution is 6.15. The van der Waals surface area contributed by atoms with Crippen molar-refractivity contribution in [1.29, 1.82) is 0 Å². The number of nitrogens with zero attached hydrogens (tertiary/aromatic N) is 2. The van der Waals surface area contributed by atoms with E-state index in [1.165, 1.54) is 11.3 Å². The molecule has 0 aliphatic carbocycles. The molecule has 6 rings (SSSR count). The van der Waals surface area contributed by atoms with Gasteiger partial charge in [0.1, 0.15) is 23.6 Å². The van der Waals surface area contributed by atoms with E-state index in [0.717, 1.165) is 48.2 Å². The molecule has 24 heavy (non-hydrogen) atoms. The molecule has 4 aliphatic heterocycles. The van der Waals surface area contributed by atoms with Gasteiger partial charge in [0, 0.05) is 30.4 Å². The number of amidine groups is 1. The summed E-state index contributed by atoms with van der Waals surface area (Å²) in [5.41, 5.74) is 3.35. The lowest BCUT2D eigenvalue weighted by Crippen LogP contribution is -2.45. The maximum atomic E-state index is 6.12. The van der Waals surface area contributed by atoms with Gasteiger partial charge in [0.2, 0.25) is 6.79 Å². The van der Waals surface area contributed by atoms with Gasteiger partial charge in [-0.2, -0.15) is 0 Å². The SMILES string of the molecule is c1ccc2c(c1)N1CCCN=C1C21COc2cc3c(cc21)OCO3. The molecule has 2 aromatic carbocycles. The number of anilines is 1. The highest BCUT2D eigenvalue weighted by Crippen LogP contribution is 2.55. The monoisotopic (exact) mass is 320 g/mol. The van der Waals surface area contributed by atoms with Gasteiger partial charge >= 0.3 is 0 Å². The first-order valence-corrected chi connectivity index (χ1v) is 8.37. The number of hydrogen-bond acceptors (Lipinski definition) is 5. The van der Waals surface area contributed by atoms with Gasteiger partial charge in [0.05, 0.1) is 0 Å². The zero-order chi connectivity index (χ0) is 15.7. The molecule has 4 aliphatic rings. The average Bonchev–Trinajstić information content (AvgIpc) is 3.31. The Morgan fingerprint density at radius 3 is 2.79 bits per heavy atom. The van der Waals surface area contributed by atoms with E-state index >= 15 is 0 Å². The second kappa shape index (κ2) is 4.23. The third-order valence-electron chi connectivity index (χ3n) is 5.47. The van der Waals surface area contributed by atoms with Crippen molar-refractivity contribution >= 4 is 11.5 Å². The van der Waals surface area contributed by atoms with Gasteiger partial charge in [-0.1, -0.05) is 18.2 Å². The topological polar surface area (TPSA) is 43.3 Å². The Labute approximate surface area is 139 Å². The van der Waals surface area contributed by atoms with Crippen molar-refractivity contribution < 1.29 is 14.2 Å². The summed E-state index contributed by atoms with van der Waals surface area (Å²) in [7, 11) is 0. The average molecular weight is 320 g/mol. The van der Waals surface area contributed by atoms with E-state index in [-0.39, 0.29) is 12.2 Å². The van der Waals surface area contributed by atoms with Crippen LogP contribution in [0, 0.1) is 0 Å². The third kappa shape index (κ3) is 1.35. The minimum absolute atomic E-state index is 0.273. The predicted molar refractivity (Wildman–Crippen MR) is 89.5 cm³/mol. The van der Waals surface area contributed by atoms with Gasteiger partial charge < -0.3 is 19.1 Å². The summed E-state index contributed by atoms with van der Waals surface area (Å²) < 4.78 is 17.3. The lowest BCUT2D eigenvalue weighted by Gasteiger charge is -2.30. The quantitative estimate of drug-likeness (QED) is 0.748. The molecule has 4 heterocycles. The molecule has 120 valence electrons. The number of fused-ring (bicyclic) bond motifs is 8. The van der Waals surface area contributed by atoms with Crippen LogP contribution in [0.4, 0.5) is 5.69 Å². The molecule has 0 saturated heterocycles. The maximum Gasteiger partial charge on any atom is 0.231 e. The van der Waals surface area contributed by atoms with Crippen LogP contribution in [0.2, 0.25) is 0 Å². The molecule has 0 aromatic heterocycles. The highest BCUT2D eigenvalue weighted by atomic mass is 16.7. The summed E-state index contributed by atoms with van der Waals surface area (Å²) in [5, 5.41) is 0. The first-order chi connectivity index (χ1) is 11.9. The molecule has 0 saturated carbocycles. The summed E-state index contributed by atoms with van der Waals surface area (Å²) in [6.07, 6.45) is 1.09. The van der Waals surface area contributed by atoms with Crippen LogP contribution in [-0.2, 0) is 5.41 Å². The van der Waals surface area contributed by atoms with Crippen LogP contribution in [0.1, 0.15) is 17.5 Å². The molecule has 2 aromatic rings. The first-order valence-electron chi connectivity index (χ1n) is 8.37. The van der Waals surface area contributed by atoms with Crippen molar-refractivity contribution in [2.75, 3.05) is 31.4 Å². The maximum absolute atomic E-state index is 6.12. The third-order valence-corrected chi connectivity index (χ3v) is 5.47. The van der Waals surface area contributed by atoms with E-state index in [1.54, 1.807) is 0 Å². The summed E-state index contributed by atoms with van der Waals surface area (Å²) in [5.74, 6) is 3.56. The molecule has 1 unspecified atom stereocenters. The van der Waals surface area contributed by atoms with Crippen molar-refractivity contribution in [2.45, 2.75) is 11.8 Å². The largest absolute Gasteiger partial charge is 0.491 e. The Hall–Kier alpha value is -2.69. The fourth-order valence-corrected chi connectivity index (χ4v) is 4.44. The van der Waals surface area contributed by atoms with Crippen molar-refractivity contribution in [3.05, 3.63) is 47.5 Å². The van der Waals surface area contributed by atoms with Crippen LogP contribution in [-0.4, -0.2) is 32.3 Å². The van der Waals surface area contributed by atoms with Crippen LogP contribution in [0.3, 0.4) is 0 Å². The van der Waals surface area contributed by atoms with E-state index in [0.29, 0.717) is 6.61 Å². The first kappa shape index (κ1) is 12.7. The molecule has 5 nitrogen and oxygen atoms in total. The van der Waals surface area contributed by atoms with Gasteiger partial charge in [0.25, 0.3) is 0 Å². The molecule has 1 spiro atoms. The molecule has 0 radical (unpaired) electrons. The molecule has 0 bridgehead atoms. The zero-order valence-corrected chi connectivity index (χ0v) is 13.1. The summed E-state index contributed by atoms with van der Waals surface area (Å²) in [6.45, 7) is 2.74. The van der Waals surface area contributed by atoms with Crippen molar-refractivity contribution in [3.63, 3.8) is 0 Å². The van der Waals surface area contributed by atoms with E-state index in [2.05, 4.69) is 35.2 Å². The second-order valence-electron chi connectivity index (χ2n) is 6.62. The fourth-order valence-electron chi connectivity index (χ4n) is 4.44. The number of para-hydroxylation sites is 1. The fraction of sp³-hybridized carbons (Fsp3) is 0.316. The minimum atomic E-state index is -0.326. The molecule has 5 heteroatoms. The molecule has 0 N–H and O–H groups in total. The zero-order valence-electron chi connectivity index (χ0n) is 13.1. The van der Waals surface area contributed by atoms with Crippen LogP contribution in [0.25, 0.3) is 0 Å². The van der Waals surface area contributed by atoms with Gasteiger partial charge in [-0.25, -0.2) is 0 Å². The molecular weight excluding hydrogens is 304 g/mol. The van der Waals surface area contributed by atoms with Crippen LogP contribution in [0.15, 0.2) is 41.4 Å². The van der Waals surface area contributed by atoms with E-state index < -0.39 is 0 Å². The van der Waals surface area contributed by atoms with E-state index in [4.69, 9.17) is 19.2 Å². The smallest absolute Gasteiger partial charge is 0.231 e. The standard InChI is InChI=1S/C19H16N2O3/c1-2-5-14-12(4-1)19(18-20-6-3-7-21(14)18)10-22-15-9-17-16(8-13(15)19)23-11-24-17/h1-2,4-5,8-9H,3,6-7,10-11H2. The van der Waals surface area contributed by atoms with E-state index in [9.17, 15) is 0 Å². The second-order valence-corrected chi connectivity index (χ2v) is 6.62. The Morgan fingerprint density at radius 2 is 1.83 bits per heavy atom. The summed E-state index contributed by atoms with van der Waals surface area (Å²) in [4.78, 5) is 7.29. The van der Waals surface area contributed by atoms with Crippen LogP contribution in [0.5, 0.6) is 17.2 Å². The number of benzene rings is 2. The summed E-state index contributed by atoms with van der Waals surface area (Å²) >= 11 is 0. The molecule has 1 atom stereocenters. The predicted octanol–water partition coefficient (Wildman–Crippen LogP) is 2.72. The van der Waals surface area contributed by atoms with Gasteiger partial charge in [-0.05, 0) is 24.1 Å². The van der Waals surface area contributed by atoms with Gasteiger partial charge in [-0.15, -0.1) is 0 Å². The Kier molecular flexibility index (Phi) is 2.24. The minimum Gasteiger partial charge on any atom is -0.491 e. The van der Waals surface area contributed by atoms with Crippen molar-refractivity contribution in [2.24, 2.45) is 4.99 Å². The van der Waals surface area contributed by atoms with Crippen LogP contribution >= 0.6 is 0 Å². The molecule has 0 fully saturated rings. The highest BCUT2D eigenvalue weighted by Gasteiger charge is 2.55. The number of rotatable bonds is 0. The van der Waals surface area contributed by atoms with Gasteiger partial charge in [-0.3, -0.25) is 4.99 Å². The van der Waals surface area contributed by atoms with Gasteiger partial charge in [0.15, 0.2) is 11.5 Å². The Morgan fingerprint density at radius 1 is 0.958 bits per heavy atom. The normalized spacial score (nSPS) is 25.2.